The number of hydrogen-bond donors (Lipinski definition) is 1. The van der Waals surface area contributed by atoms with Crippen LogP contribution in [0, 0.1) is 5.41 Å². The normalized spacial score (nSPS) is 28.9. The number of hydrogen-bond acceptors (Lipinski definition) is 3. The van der Waals surface area contributed by atoms with E-state index < -0.39 is 0 Å². The van der Waals surface area contributed by atoms with Gasteiger partial charge in [-0.25, -0.2) is 0 Å². The molecule has 0 aromatic heterocycles. The molecular weight excluding hydrogens is 142 g/mol. The molecule has 2 rings (SSSR count). The van der Waals surface area contributed by atoms with Gasteiger partial charge in [0.2, 0.25) is 0 Å². The minimum absolute atomic E-state index is 0.00750. The second kappa shape index (κ2) is 2.48. The van der Waals surface area contributed by atoms with E-state index in [0.717, 1.165) is 25.9 Å². The van der Waals surface area contributed by atoms with Crippen LogP contribution in [0.15, 0.2) is 0 Å². The number of esters is 1. The number of ether oxygens (including phenoxy) is 1. The third-order valence-corrected chi connectivity index (χ3v) is 2.72. The smallest absolute Gasteiger partial charge is 0.306 e. The maximum atomic E-state index is 10.9. The Labute approximate surface area is 66.1 Å². The van der Waals surface area contributed by atoms with Crippen molar-refractivity contribution in [3.63, 3.8) is 0 Å². The van der Waals surface area contributed by atoms with Gasteiger partial charge in [-0.05, 0) is 25.9 Å². The lowest BCUT2D eigenvalue weighted by Crippen LogP contribution is -2.37. The van der Waals surface area contributed by atoms with Crippen molar-refractivity contribution in [2.24, 2.45) is 5.41 Å². The minimum atomic E-state index is -0.00750. The molecule has 3 nitrogen and oxygen atoms in total. The van der Waals surface area contributed by atoms with Crippen molar-refractivity contribution in [1.82, 2.24) is 5.32 Å². The lowest BCUT2D eigenvalue weighted by Gasteiger charge is -2.30. The SMILES string of the molecule is O=C1CC2(CCNCC2)CO1. The Balaban J connectivity index is 2.03. The van der Waals surface area contributed by atoms with Crippen molar-refractivity contribution in [2.45, 2.75) is 19.3 Å². The van der Waals surface area contributed by atoms with E-state index in [0.29, 0.717) is 13.0 Å². The van der Waals surface area contributed by atoms with Gasteiger partial charge in [0.25, 0.3) is 0 Å². The number of piperidine rings is 1. The Morgan fingerprint density at radius 1 is 1.36 bits per heavy atom. The fourth-order valence-corrected chi connectivity index (χ4v) is 1.92. The van der Waals surface area contributed by atoms with Gasteiger partial charge in [0.15, 0.2) is 0 Å². The van der Waals surface area contributed by atoms with Crippen molar-refractivity contribution in [2.75, 3.05) is 19.7 Å². The molecule has 11 heavy (non-hydrogen) atoms. The molecule has 2 aliphatic heterocycles. The summed E-state index contributed by atoms with van der Waals surface area (Å²) in [6.45, 7) is 2.74. The largest absolute Gasteiger partial charge is 0.465 e. The standard InChI is InChI=1S/C8H13NO2/c10-7-5-8(6-11-7)1-3-9-4-2-8/h9H,1-6H2. The van der Waals surface area contributed by atoms with E-state index in [2.05, 4.69) is 5.32 Å². The molecule has 0 aliphatic carbocycles. The van der Waals surface area contributed by atoms with Crippen LogP contribution in [-0.2, 0) is 9.53 Å². The van der Waals surface area contributed by atoms with E-state index in [-0.39, 0.29) is 11.4 Å². The zero-order chi connectivity index (χ0) is 7.73. The summed E-state index contributed by atoms with van der Waals surface area (Å²) >= 11 is 0. The molecule has 0 bridgehead atoms. The van der Waals surface area contributed by atoms with Gasteiger partial charge in [0.05, 0.1) is 13.0 Å². The molecule has 0 amide bonds. The van der Waals surface area contributed by atoms with Gasteiger partial charge in [-0.15, -0.1) is 0 Å². The molecule has 0 aromatic carbocycles. The molecule has 0 unspecified atom stereocenters. The maximum absolute atomic E-state index is 10.9. The molecule has 2 fully saturated rings. The molecule has 0 saturated carbocycles. The number of carbonyl (C=O) groups is 1. The number of carbonyl (C=O) groups excluding carboxylic acids is 1. The summed E-state index contributed by atoms with van der Waals surface area (Å²) in [6, 6.07) is 0. The molecule has 2 aliphatic rings. The fraction of sp³-hybridized carbons (Fsp3) is 0.875. The molecular formula is C8H13NO2. The summed E-state index contributed by atoms with van der Waals surface area (Å²) in [5.74, 6) is -0.00750. The Hall–Kier alpha value is -0.570. The van der Waals surface area contributed by atoms with E-state index in [9.17, 15) is 4.79 Å². The molecule has 0 aromatic rings. The second-order valence-electron chi connectivity index (χ2n) is 3.59. The molecule has 1 spiro atoms. The van der Waals surface area contributed by atoms with Gasteiger partial charge >= 0.3 is 5.97 Å². The van der Waals surface area contributed by atoms with Crippen LogP contribution in [0.2, 0.25) is 0 Å². The molecule has 3 heteroatoms. The van der Waals surface area contributed by atoms with Crippen LogP contribution in [0.25, 0.3) is 0 Å². The average Bonchev–Trinajstić information content (AvgIpc) is 2.34. The summed E-state index contributed by atoms with van der Waals surface area (Å²) in [7, 11) is 0. The molecule has 2 heterocycles. The summed E-state index contributed by atoms with van der Waals surface area (Å²) in [5, 5.41) is 3.28. The van der Waals surface area contributed by atoms with Crippen molar-refractivity contribution in [1.29, 1.82) is 0 Å². The first-order valence-corrected chi connectivity index (χ1v) is 4.17. The summed E-state index contributed by atoms with van der Waals surface area (Å²) in [6.07, 6.45) is 2.84. The second-order valence-corrected chi connectivity index (χ2v) is 3.59. The summed E-state index contributed by atoms with van der Waals surface area (Å²) in [4.78, 5) is 10.9. The Bertz CT molecular complexity index is 173. The topological polar surface area (TPSA) is 38.3 Å². The van der Waals surface area contributed by atoms with Crippen molar-refractivity contribution < 1.29 is 9.53 Å². The van der Waals surface area contributed by atoms with E-state index in [4.69, 9.17) is 4.74 Å². The van der Waals surface area contributed by atoms with Gasteiger partial charge in [0.1, 0.15) is 0 Å². The maximum Gasteiger partial charge on any atom is 0.306 e. The minimum Gasteiger partial charge on any atom is -0.465 e. The molecule has 0 atom stereocenters. The Morgan fingerprint density at radius 3 is 2.64 bits per heavy atom. The third-order valence-electron chi connectivity index (χ3n) is 2.72. The zero-order valence-electron chi connectivity index (χ0n) is 6.56. The molecule has 0 radical (unpaired) electrons. The van der Waals surface area contributed by atoms with Gasteiger partial charge < -0.3 is 10.1 Å². The van der Waals surface area contributed by atoms with Crippen LogP contribution in [0.1, 0.15) is 19.3 Å². The molecule has 2 saturated heterocycles. The van der Waals surface area contributed by atoms with Crippen LogP contribution < -0.4 is 5.32 Å². The highest BCUT2D eigenvalue weighted by atomic mass is 16.5. The van der Waals surface area contributed by atoms with Crippen LogP contribution in [0.3, 0.4) is 0 Å². The van der Waals surface area contributed by atoms with Crippen LogP contribution in [0.5, 0.6) is 0 Å². The molecule has 1 N–H and O–H groups in total. The highest BCUT2D eigenvalue weighted by molar-refractivity contribution is 5.72. The lowest BCUT2D eigenvalue weighted by atomic mass is 9.78. The highest BCUT2D eigenvalue weighted by Gasteiger charge is 2.40. The first-order valence-electron chi connectivity index (χ1n) is 4.17. The summed E-state index contributed by atoms with van der Waals surface area (Å²) < 4.78 is 4.98. The first-order chi connectivity index (χ1) is 5.31. The van der Waals surface area contributed by atoms with Gasteiger partial charge in [-0.3, -0.25) is 4.79 Å². The highest BCUT2D eigenvalue weighted by Crippen LogP contribution is 2.37. The molecule has 62 valence electrons. The van der Waals surface area contributed by atoms with Gasteiger partial charge in [-0.1, -0.05) is 0 Å². The predicted molar refractivity (Wildman–Crippen MR) is 40.1 cm³/mol. The summed E-state index contributed by atoms with van der Waals surface area (Å²) in [5.41, 5.74) is 0.211. The van der Waals surface area contributed by atoms with Crippen LogP contribution in [0.4, 0.5) is 0 Å². The monoisotopic (exact) mass is 155 g/mol. The number of cyclic esters (lactones) is 1. The van der Waals surface area contributed by atoms with E-state index in [1.165, 1.54) is 0 Å². The van der Waals surface area contributed by atoms with Crippen LogP contribution in [-0.4, -0.2) is 25.7 Å². The predicted octanol–water partition coefficient (Wildman–Crippen LogP) is 0.303. The van der Waals surface area contributed by atoms with Gasteiger partial charge in [0, 0.05) is 5.41 Å². The Kier molecular flexibility index (Phi) is 1.60. The van der Waals surface area contributed by atoms with Gasteiger partial charge in [-0.2, -0.15) is 0 Å². The third kappa shape index (κ3) is 1.25. The van der Waals surface area contributed by atoms with E-state index >= 15 is 0 Å². The fourth-order valence-electron chi connectivity index (χ4n) is 1.92. The van der Waals surface area contributed by atoms with E-state index in [1.54, 1.807) is 0 Å². The zero-order valence-corrected chi connectivity index (χ0v) is 6.56. The lowest BCUT2D eigenvalue weighted by molar-refractivity contribution is -0.137. The Morgan fingerprint density at radius 2 is 2.09 bits per heavy atom. The first kappa shape index (κ1) is 7.10. The van der Waals surface area contributed by atoms with E-state index in [1.807, 2.05) is 0 Å². The van der Waals surface area contributed by atoms with Crippen LogP contribution >= 0.6 is 0 Å². The van der Waals surface area contributed by atoms with Crippen molar-refractivity contribution in [3.8, 4) is 0 Å². The van der Waals surface area contributed by atoms with Crippen molar-refractivity contribution in [3.05, 3.63) is 0 Å². The quantitative estimate of drug-likeness (QED) is 0.511. The van der Waals surface area contributed by atoms with Crippen molar-refractivity contribution >= 4 is 5.97 Å². The number of nitrogens with one attached hydrogen (secondary N) is 1. The average molecular weight is 155 g/mol. The number of rotatable bonds is 0.